The van der Waals surface area contributed by atoms with E-state index in [0.29, 0.717) is 29.4 Å². The molecule has 25 heavy (non-hydrogen) atoms. The molecule has 0 unspecified atom stereocenters. The number of hydrogen-bond donors (Lipinski definition) is 1. The first-order valence-corrected chi connectivity index (χ1v) is 8.25. The lowest BCUT2D eigenvalue weighted by molar-refractivity contribution is 0.0937. The molecule has 1 aromatic heterocycles. The largest absolute Gasteiger partial charge is 0.383 e. The van der Waals surface area contributed by atoms with E-state index in [1.165, 1.54) is 0 Å². The van der Waals surface area contributed by atoms with Crippen molar-refractivity contribution in [2.24, 2.45) is 0 Å². The predicted molar refractivity (Wildman–Crippen MR) is 98.2 cm³/mol. The van der Waals surface area contributed by atoms with E-state index < -0.39 is 0 Å². The van der Waals surface area contributed by atoms with Crippen LogP contribution in [0.3, 0.4) is 0 Å². The van der Waals surface area contributed by atoms with Crippen LogP contribution in [0.25, 0.3) is 16.9 Å². The van der Waals surface area contributed by atoms with Gasteiger partial charge in [-0.15, -0.1) is 0 Å². The Morgan fingerprint density at radius 3 is 2.56 bits per heavy atom. The van der Waals surface area contributed by atoms with Gasteiger partial charge < -0.3 is 10.1 Å². The Labute approximate surface area is 151 Å². The van der Waals surface area contributed by atoms with Gasteiger partial charge >= 0.3 is 0 Å². The van der Waals surface area contributed by atoms with Gasteiger partial charge in [0.25, 0.3) is 5.91 Å². The quantitative estimate of drug-likeness (QED) is 0.688. The molecule has 0 spiro atoms. The van der Waals surface area contributed by atoms with Crippen molar-refractivity contribution in [1.29, 1.82) is 0 Å². The van der Waals surface area contributed by atoms with Crippen LogP contribution in [0, 0.1) is 0 Å². The molecular formula is C19H18ClN3O2. The Bertz CT molecular complexity index is 845. The molecule has 6 heteroatoms. The molecule has 3 aromatic rings. The van der Waals surface area contributed by atoms with Crippen LogP contribution in [0.1, 0.15) is 10.4 Å². The third kappa shape index (κ3) is 4.07. The topological polar surface area (TPSA) is 56.1 Å². The van der Waals surface area contributed by atoms with Crippen LogP contribution in [0.2, 0.25) is 5.02 Å². The number of carbonyl (C=O) groups excluding carboxylic acids is 1. The van der Waals surface area contributed by atoms with Crippen LogP contribution in [-0.2, 0) is 4.74 Å². The van der Waals surface area contributed by atoms with Crippen molar-refractivity contribution in [2.45, 2.75) is 0 Å². The summed E-state index contributed by atoms with van der Waals surface area (Å²) < 4.78 is 6.68. The lowest BCUT2D eigenvalue weighted by Gasteiger charge is -2.04. The van der Waals surface area contributed by atoms with Crippen LogP contribution in [0.15, 0.2) is 60.8 Å². The maximum absolute atomic E-state index is 12.6. The zero-order valence-corrected chi connectivity index (χ0v) is 14.5. The number of nitrogens with one attached hydrogen (secondary N) is 1. The molecule has 5 nitrogen and oxygen atoms in total. The summed E-state index contributed by atoms with van der Waals surface area (Å²) in [6.45, 7) is 0.890. The Kier molecular flexibility index (Phi) is 5.48. The van der Waals surface area contributed by atoms with Gasteiger partial charge in [-0.25, -0.2) is 4.68 Å². The van der Waals surface area contributed by atoms with E-state index in [0.717, 1.165) is 11.3 Å². The molecule has 0 aliphatic rings. The number of halogens is 1. The monoisotopic (exact) mass is 355 g/mol. The standard InChI is InChI=1S/C19H18ClN3O2/c1-25-12-11-21-19(24)17-13-23(16-5-3-2-4-6-16)22-18(17)14-7-9-15(20)10-8-14/h2-10,13H,11-12H2,1H3,(H,21,24). The first-order valence-electron chi connectivity index (χ1n) is 7.87. The zero-order chi connectivity index (χ0) is 17.6. The molecule has 1 heterocycles. The second kappa shape index (κ2) is 7.96. The molecule has 0 saturated heterocycles. The van der Waals surface area contributed by atoms with Gasteiger partial charge in [-0.05, 0) is 24.3 Å². The van der Waals surface area contributed by atoms with Crippen molar-refractivity contribution in [3.63, 3.8) is 0 Å². The molecule has 1 amide bonds. The summed E-state index contributed by atoms with van der Waals surface area (Å²) in [5, 5.41) is 8.09. The summed E-state index contributed by atoms with van der Waals surface area (Å²) in [4.78, 5) is 12.6. The molecule has 0 atom stereocenters. The van der Waals surface area contributed by atoms with E-state index in [-0.39, 0.29) is 5.91 Å². The van der Waals surface area contributed by atoms with Gasteiger partial charge in [-0.2, -0.15) is 5.10 Å². The van der Waals surface area contributed by atoms with Gasteiger partial charge in [0.05, 0.1) is 17.9 Å². The number of amides is 1. The second-order valence-corrected chi connectivity index (χ2v) is 5.86. The van der Waals surface area contributed by atoms with Crippen LogP contribution in [0.4, 0.5) is 0 Å². The number of ether oxygens (including phenoxy) is 1. The highest BCUT2D eigenvalue weighted by Gasteiger charge is 2.18. The molecule has 0 saturated carbocycles. The van der Waals surface area contributed by atoms with Crippen LogP contribution >= 0.6 is 11.6 Å². The highest BCUT2D eigenvalue weighted by molar-refractivity contribution is 6.30. The number of nitrogens with zero attached hydrogens (tertiary/aromatic N) is 2. The fraction of sp³-hybridized carbons (Fsp3) is 0.158. The van der Waals surface area contributed by atoms with E-state index in [2.05, 4.69) is 10.4 Å². The predicted octanol–water partition coefficient (Wildman–Crippen LogP) is 3.57. The number of rotatable bonds is 6. The number of aromatic nitrogens is 2. The minimum absolute atomic E-state index is 0.191. The van der Waals surface area contributed by atoms with Crippen molar-refractivity contribution >= 4 is 17.5 Å². The zero-order valence-electron chi connectivity index (χ0n) is 13.8. The highest BCUT2D eigenvalue weighted by Crippen LogP contribution is 2.25. The van der Waals surface area contributed by atoms with Gasteiger partial charge in [0.15, 0.2) is 0 Å². The minimum atomic E-state index is -0.191. The Morgan fingerprint density at radius 2 is 1.88 bits per heavy atom. The first kappa shape index (κ1) is 17.2. The maximum Gasteiger partial charge on any atom is 0.255 e. The van der Waals surface area contributed by atoms with Crippen molar-refractivity contribution < 1.29 is 9.53 Å². The number of hydrogen-bond acceptors (Lipinski definition) is 3. The molecule has 0 radical (unpaired) electrons. The molecule has 3 rings (SSSR count). The summed E-state index contributed by atoms with van der Waals surface area (Å²) >= 11 is 5.97. The molecule has 2 aromatic carbocycles. The summed E-state index contributed by atoms with van der Waals surface area (Å²) in [7, 11) is 1.60. The van der Waals surface area contributed by atoms with Gasteiger partial charge in [0, 0.05) is 30.4 Å². The average molecular weight is 356 g/mol. The smallest absolute Gasteiger partial charge is 0.255 e. The molecule has 1 N–H and O–H groups in total. The first-order chi connectivity index (χ1) is 12.2. The van der Waals surface area contributed by atoms with E-state index >= 15 is 0 Å². The van der Waals surface area contributed by atoms with Gasteiger partial charge in [0.1, 0.15) is 5.69 Å². The Hall–Kier alpha value is -2.63. The fourth-order valence-electron chi connectivity index (χ4n) is 2.44. The van der Waals surface area contributed by atoms with E-state index in [1.54, 1.807) is 30.1 Å². The molecular weight excluding hydrogens is 338 g/mol. The van der Waals surface area contributed by atoms with E-state index in [4.69, 9.17) is 16.3 Å². The van der Waals surface area contributed by atoms with E-state index in [9.17, 15) is 4.79 Å². The lowest BCUT2D eigenvalue weighted by Crippen LogP contribution is -2.27. The highest BCUT2D eigenvalue weighted by atomic mass is 35.5. The summed E-state index contributed by atoms with van der Waals surface area (Å²) in [5.74, 6) is -0.191. The second-order valence-electron chi connectivity index (χ2n) is 5.43. The molecule has 0 bridgehead atoms. The number of methoxy groups -OCH3 is 1. The normalized spacial score (nSPS) is 10.6. The number of benzene rings is 2. The summed E-state index contributed by atoms with van der Waals surface area (Å²) in [5.41, 5.74) is 2.82. The van der Waals surface area contributed by atoms with Crippen molar-refractivity contribution in [3.8, 4) is 16.9 Å². The van der Waals surface area contributed by atoms with Gasteiger partial charge in [-0.1, -0.05) is 41.9 Å². The summed E-state index contributed by atoms with van der Waals surface area (Å²) in [6.07, 6.45) is 1.74. The van der Waals surface area contributed by atoms with Crippen LogP contribution < -0.4 is 5.32 Å². The molecule has 128 valence electrons. The van der Waals surface area contributed by atoms with Crippen LogP contribution in [0.5, 0.6) is 0 Å². The lowest BCUT2D eigenvalue weighted by atomic mass is 10.1. The van der Waals surface area contributed by atoms with Crippen molar-refractivity contribution in [3.05, 3.63) is 71.4 Å². The Morgan fingerprint density at radius 1 is 1.16 bits per heavy atom. The maximum atomic E-state index is 12.6. The van der Waals surface area contributed by atoms with Crippen LogP contribution in [-0.4, -0.2) is 35.9 Å². The van der Waals surface area contributed by atoms with Crippen molar-refractivity contribution in [2.75, 3.05) is 20.3 Å². The van der Waals surface area contributed by atoms with Gasteiger partial charge in [0.2, 0.25) is 0 Å². The third-order valence-electron chi connectivity index (χ3n) is 3.69. The Balaban J connectivity index is 2.00. The SMILES string of the molecule is COCCNC(=O)c1cn(-c2ccccc2)nc1-c1ccc(Cl)cc1. The fourth-order valence-corrected chi connectivity index (χ4v) is 2.56. The average Bonchev–Trinajstić information content (AvgIpc) is 3.09. The third-order valence-corrected chi connectivity index (χ3v) is 3.94. The van der Waals surface area contributed by atoms with Crippen molar-refractivity contribution in [1.82, 2.24) is 15.1 Å². The molecule has 0 aliphatic carbocycles. The minimum Gasteiger partial charge on any atom is -0.383 e. The van der Waals surface area contributed by atoms with Gasteiger partial charge in [-0.3, -0.25) is 4.79 Å². The molecule has 0 aliphatic heterocycles. The number of carbonyl (C=O) groups is 1. The molecule has 0 fully saturated rings. The number of para-hydroxylation sites is 1. The van der Waals surface area contributed by atoms with E-state index in [1.807, 2.05) is 42.5 Å². The summed E-state index contributed by atoms with van der Waals surface area (Å²) in [6, 6.07) is 16.9.